The van der Waals surface area contributed by atoms with Gasteiger partial charge in [0, 0.05) is 29.0 Å². The normalized spacial score (nSPS) is 13.9. The Hall–Kier alpha value is -9.43. The van der Waals surface area contributed by atoms with Crippen LogP contribution in [0.5, 0.6) is 46.0 Å². The molecule has 1 aliphatic carbocycles. The number of esters is 3. The highest BCUT2D eigenvalue weighted by Crippen LogP contribution is 2.39. The number of hydrogen-bond donors (Lipinski definition) is 0. The van der Waals surface area contributed by atoms with Crippen molar-refractivity contribution < 1.29 is 57.0 Å². The highest BCUT2D eigenvalue weighted by molar-refractivity contribution is 6.24. The molecule has 0 saturated heterocycles. The summed E-state index contributed by atoms with van der Waals surface area (Å²) in [5.41, 5.74) is 4.76. The second kappa shape index (κ2) is 30.4. The second-order valence-corrected chi connectivity index (χ2v) is 21.5. The summed E-state index contributed by atoms with van der Waals surface area (Å²) in [6, 6.07) is 50.8. The molecule has 86 heavy (non-hydrogen) atoms. The van der Waals surface area contributed by atoms with Crippen LogP contribution < -0.4 is 33.2 Å². The van der Waals surface area contributed by atoms with Crippen molar-refractivity contribution in [3.8, 4) is 46.0 Å². The zero-order valence-electron chi connectivity index (χ0n) is 48.5. The Labute approximate surface area is 501 Å². The van der Waals surface area contributed by atoms with E-state index in [1.165, 1.54) is 12.2 Å². The molecule has 1 fully saturated rings. The number of unbranched alkanes of at least 4 members (excludes halogenated alkanes) is 6. The lowest BCUT2D eigenvalue weighted by atomic mass is 9.82. The van der Waals surface area contributed by atoms with E-state index in [2.05, 4.69) is 19.2 Å². The van der Waals surface area contributed by atoms with Crippen molar-refractivity contribution >= 4 is 61.5 Å². The summed E-state index contributed by atoms with van der Waals surface area (Å²) in [5, 5.41) is 3.59. The fourth-order valence-electron chi connectivity index (χ4n) is 10.4. The number of carbonyl (C=O) groups excluding carboxylic acids is 3. The van der Waals surface area contributed by atoms with Gasteiger partial charge in [-0.1, -0.05) is 55.6 Å². The molecule has 0 amide bonds. The number of benzene rings is 8. The fourth-order valence-corrected chi connectivity index (χ4v) is 10.4. The zero-order valence-corrected chi connectivity index (χ0v) is 48.5. The van der Waals surface area contributed by atoms with Crippen LogP contribution in [-0.2, 0) is 37.1 Å². The first-order valence-electron chi connectivity index (χ1n) is 29.8. The van der Waals surface area contributed by atoms with Crippen LogP contribution in [0.25, 0.3) is 43.6 Å². The Kier molecular flexibility index (Phi) is 21.1. The van der Waals surface area contributed by atoms with Crippen LogP contribution in [0.2, 0.25) is 0 Å². The molecule has 0 N–H and O–H groups in total. The van der Waals surface area contributed by atoms with Gasteiger partial charge in [0.1, 0.15) is 59.2 Å². The molecular weight excluding hydrogens is 1080 g/mol. The molecule has 1 heterocycles. The van der Waals surface area contributed by atoms with Gasteiger partial charge in [0.15, 0.2) is 0 Å². The van der Waals surface area contributed by atoms with Gasteiger partial charge >= 0.3 is 17.9 Å². The van der Waals surface area contributed by atoms with E-state index in [1.54, 1.807) is 0 Å². The Balaban J connectivity index is 0.744. The lowest BCUT2D eigenvalue weighted by Gasteiger charge is -2.27. The van der Waals surface area contributed by atoms with E-state index in [0.717, 1.165) is 120 Å². The minimum atomic E-state index is -0.384. The van der Waals surface area contributed by atoms with Gasteiger partial charge in [0.2, 0.25) is 0 Å². The van der Waals surface area contributed by atoms with E-state index in [0.29, 0.717) is 110 Å². The molecule has 14 heteroatoms. The Morgan fingerprint density at radius 1 is 0.419 bits per heavy atom. The smallest absolute Gasteiger partial charge is 0.330 e. The van der Waals surface area contributed by atoms with Crippen LogP contribution in [0, 0.1) is 11.8 Å². The third-order valence-corrected chi connectivity index (χ3v) is 15.2. The van der Waals surface area contributed by atoms with Crippen LogP contribution in [-0.4, -0.2) is 60.9 Å². The monoisotopic (exact) mass is 1160 g/mol. The predicted octanol–water partition coefficient (Wildman–Crippen LogP) is 16.2. The molecule has 442 valence electrons. The van der Waals surface area contributed by atoms with E-state index in [9.17, 15) is 14.4 Å². The van der Waals surface area contributed by atoms with Gasteiger partial charge in [0.25, 0.3) is 0 Å². The molecule has 1 saturated carbocycles. The number of hydrogen-bond acceptors (Lipinski definition) is 14. The quantitative estimate of drug-likeness (QED) is 0.0101. The van der Waals surface area contributed by atoms with Crippen LogP contribution in [0.15, 0.2) is 183 Å². The van der Waals surface area contributed by atoms with Crippen LogP contribution >= 0.6 is 0 Å². The van der Waals surface area contributed by atoms with E-state index >= 15 is 0 Å². The Bertz CT molecular complexity index is 3730. The summed E-state index contributed by atoms with van der Waals surface area (Å²) in [4.78, 5) is 46.7. The fraction of sp³-hybridized carbons (Fsp3) is 0.292. The number of fused-ring (bicyclic) bond motifs is 7. The number of aromatic nitrogens is 2. The molecule has 9 aromatic rings. The van der Waals surface area contributed by atoms with Gasteiger partial charge in [-0.25, -0.2) is 19.6 Å². The van der Waals surface area contributed by atoms with Gasteiger partial charge in [-0.2, -0.15) is 0 Å². The molecule has 14 nitrogen and oxygen atoms in total. The SMILES string of the molecule is C=CC(=O)OCCCCCCOc1ccc(OCc2ccc(COc3ccc4c5ccc(OC(=O)C6CCC(COc7ccc(OCCCCCCOC(=O)C=C)cc7)CC6)cc5c5nc6cc(Oc7ccccc7)ccc6nc5c4c3)cc2)cc1. The average molecular weight is 1160 g/mol. The lowest BCUT2D eigenvalue weighted by Crippen LogP contribution is -2.27. The summed E-state index contributed by atoms with van der Waals surface area (Å²) in [6.45, 7) is 10.2. The maximum Gasteiger partial charge on any atom is 0.330 e. The summed E-state index contributed by atoms with van der Waals surface area (Å²) < 4.78 is 53.0. The molecule has 1 aromatic heterocycles. The molecular formula is C72H72N2O12. The average Bonchev–Trinajstić information content (AvgIpc) is 0.989. The minimum absolute atomic E-state index is 0.224. The molecule has 1 aliphatic rings. The predicted molar refractivity (Wildman–Crippen MR) is 333 cm³/mol. The number of para-hydroxylation sites is 1. The maximum absolute atomic E-state index is 13.9. The molecule has 10 rings (SSSR count). The van der Waals surface area contributed by atoms with Crippen LogP contribution in [0.4, 0.5) is 0 Å². The third kappa shape index (κ3) is 16.9. The zero-order chi connectivity index (χ0) is 59.3. The first-order chi connectivity index (χ1) is 42.2. The minimum Gasteiger partial charge on any atom is -0.494 e. The topological polar surface area (TPSA) is 160 Å². The van der Waals surface area contributed by atoms with Crippen molar-refractivity contribution in [3.63, 3.8) is 0 Å². The molecule has 0 radical (unpaired) electrons. The lowest BCUT2D eigenvalue weighted by molar-refractivity contribution is -0.140. The van der Waals surface area contributed by atoms with E-state index in [-0.39, 0.29) is 23.8 Å². The van der Waals surface area contributed by atoms with Gasteiger partial charge in [-0.05, 0) is 214 Å². The number of rotatable bonds is 31. The number of ether oxygens (including phenoxy) is 9. The molecule has 0 bridgehead atoms. The van der Waals surface area contributed by atoms with Gasteiger partial charge in [-0.3, -0.25) is 4.79 Å². The highest BCUT2D eigenvalue weighted by atomic mass is 16.5. The molecule has 0 aliphatic heterocycles. The van der Waals surface area contributed by atoms with Crippen LogP contribution in [0.3, 0.4) is 0 Å². The third-order valence-electron chi connectivity index (χ3n) is 15.2. The van der Waals surface area contributed by atoms with Crippen molar-refractivity contribution in [1.82, 2.24) is 9.97 Å². The summed E-state index contributed by atoms with van der Waals surface area (Å²) in [7, 11) is 0. The van der Waals surface area contributed by atoms with Crippen LogP contribution in [0.1, 0.15) is 88.2 Å². The van der Waals surface area contributed by atoms with Gasteiger partial charge < -0.3 is 42.6 Å². The van der Waals surface area contributed by atoms with E-state index in [4.69, 9.17) is 52.6 Å². The highest BCUT2D eigenvalue weighted by Gasteiger charge is 2.29. The number of nitrogens with zero attached hydrogens (tertiary/aromatic N) is 2. The van der Waals surface area contributed by atoms with Crippen molar-refractivity contribution in [3.05, 3.63) is 194 Å². The summed E-state index contributed by atoms with van der Waals surface area (Å²) >= 11 is 0. The first kappa shape index (κ1) is 59.7. The standard InChI is InChI=1S/C72H72N2O12/c1-3-68(75)80-42-14-7-5-12-40-78-54-26-30-56(31-27-54)82-47-50-18-20-51(21-19-50)49-84-59-34-37-62-63-38-35-60(45-65(63)71-70(64(62)44-59)73-66-39-36-61(46-67(66)74-71)85-58-16-10-9-11-17-58)86-72(77)53-24-22-52(23-25-53)48-83-57-32-28-55(29-33-57)79-41-13-6-8-15-43-81-69(76)4-2/h3-4,9-11,16-21,26-39,44-46,52-53H,1-2,5-8,12-15,22-25,40-43,47-49H2. The van der Waals surface area contributed by atoms with Crippen molar-refractivity contribution in [1.29, 1.82) is 0 Å². The molecule has 0 spiro atoms. The van der Waals surface area contributed by atoms with E-state index < -0.39 is 0 Å². The molecule has 8 aromatic carbocycles. The number of carbonyl (C=O) groups is 3. The van der Waals surface area contributed by atoms with Gasteiger partial charge in [0.05, 0.1) is 61.0 Å². The molecule has 0 unspecified atom stereocenters. The Morgan fingerprint density at radius 3 is 1.44 bits per heavy atom. The van der Waals surface area contributed by atoms with Crippen molar-refractivity contribution in [2.24, 2.45) is 11.8 Å². The summed E-state index contributed by atoms with van der Waals surface area (Å²) in [6.07, 6.45) is 12.9. The largest absolute Gasteiger partial charge is 0.494 e. The second-order valence-electron chi connectivity index (χ2n) is 21.5. The summed E-state index contributed by atoms with van der Waals surface area (Å²) in [5.74, 6) is 4.71. The van der Waals surface area contributed by atoms with Crippen molar-refractivity contribution in [2.45, 2.75) is 90.3 Å². The molecule has 0 atom stereocenters. The first-order valence-corrected chi connectivity index (χ1v) is 29.8. The Morgan fingerprint density at radius 2 is 0.884 bits per heavy atom. The van der Waals surface area contributed by atoms with Crippen molar-refractivity contribution in [2.75, 3.05) is 33.0 Å². The van der Waals surface area contributed by atoms with E-state index in [1.807, 2.05) is 152 Å². The maximum atomic E-state index is 13.9. The van der Waals surface area contributed by atoms with Gasteiger partial charge in [-0.15, -0.1) is 0 Å².